The van der Waals surface area contributed by atoms with Gasteiger partial charge in [-0.05, 0) is 60.5 Å². The van der Waals surface area contributed by atoms with Gasteiger partial charge in [0, 0.05) is 35.1 Å². The average Bonchev–Trinajstić information content (AvgIpc) is 3.24. The third-order valence-corrected chi connectivity index (χ3v) is 8.13. The molecule has 0 fully saturated rings. The van der Waals surface area contributed by atoms with Crippen molar-refractivity contribution in [2.75, 3.05) is 24.3 Å². The van der Waals surface area contributed by atoms with Crippen LogP contribution in [0.15, 0.2) is 77.7 Å². The van der Waals surface area contributed by atoms with Gasteiger partial charge >= 0.3 is 0 Å². The molecule has 0 bridgehead atoms. The number of hydrogen-bond acceptors (Lipinski definition) is 8. The maximum absolute atomic E-state index is 13.3. The van der Waals surface area contributed by atoms with Gasteiger partial charge in [0.05, 0.1) is 30.7 Å². The summed E-state index contributed by atoms with van der Waals surface area (Å²) in [6.07, 6.45) is 0.312. The Kier molecular flexibility index (Phi) is 7.43. The van der Waals surface area contributed by atoms with Crippen LogP contribution in [0.25, 0.3) is 21.8 Å². The fourth-order valence-corrected chi connectivity index (χ4v) is 5.71. The predicted octanol–water partition coefficient (Wildman–Crippen LogP) is 3.76. The Balaban J connectivity index is 1.40. The standard InChI is InChI=1S/C29H29N5O6S/c1-34-25-12-9-20(41(37,38)33-24-11-13-27(39-2)32-29(24)40-3)16-22(25)21-10-6-18(15-26(21)34)31-28(36)23(30)14-17-4-7-19(35)8-5-17/h4-13,15-16,23,33,35H,14,30H2,1-3H3,(H,31,36)/t23-/m0/s1. The van der Waals surface area contributed by atoms with Crippen molar-refractivity contribution in [2.45, 2.75) is 17.4 Å². The van der Waals surface area contributed by atoms with E-state index in [2.05, 4.69) is 15.0 Å². The van der Waals surface area contributed by atoms with Crippen LogP contribution in [0.1, 0.15) is 5.56 Å². The second-order valence-corrected chi connectivity index (χ2v) is 11.1. The summed E-state index contributed by atoms with van der Waals surface area (Å²) < 4.78 is 41.3. The highest BCUT2D eigenvalue weighted by Gasteiger charge is 2.21. The van der Waals surface area contributed by atoms with Gasteiger partial charge in [-0.2, -0.15) is 4.98 Å². The Morgan fingerprint density at radius 1 is 0.976 bits per heavy atom. The zero-order chi connectivity index (χ0) is 29.3. The Labute approximate surface area is 236 Å². The Morgan fingerprint density at radius 3 is 2.44 bits per heavy atom. The van der Waals surface area contributed by atoms with Gasteiger partial charge < -0.3 is 30.2 Å². The van der Waals surface area contributed by atoms with E-state index < -0.39 is 16.1 Å². The summed E-state index contributed by atoms with van der Waals surface area (Å²) in [4.78, 5) is 17.0. The number of nitrogens with two attached hydrogens (primary N) is 1. The first kappa shape index (κ1) is 27.7. The van der Waals surface area contributed by atoms with Crippen LogP contribution in [-0.4, -0.2) is 49.2 Å². The molecule has 12 heteroatoms. The average molecular weight is 576 g/mol. The number of hydrogen-bond donors (Lipinski definition) is 4. The number of rotatable bonds is 9. The highest BCUT2D eigenvalue weighted by Crippen LogP contribution is 2.33. The number of phenolic OH excluding ortho intramolecular Hbond substituents is 1. The molecule has 41 heavy (non-hydrogen) atoms. The molecule has 0 spiro atoms. The smallest absolute Gasteiger partial charge is 0.262 e. The van der Waals surface area contributed by atoms with E-state index in [1.54, 1.807) is 42.5 Å². The fourth-order valence-electron chi connectivity index (χ4n) is 4.62. The fraction of sp³-hybridized carbons (Fsp3) is 0.172. The normalized spacial score (nSPS) is 12.3. The van der Waals surface area contributed by atoms with Crippen LogP contribution < -0.4 is 25.2 Å². The molecule has 0 unspecified atom stereocenters. The summed E-state index contributed by atoms with van der Waals surface area (Å²) in [7, 11) is 0.731. The molecule has 5 N–H and O–H groups in total. The number of fused-ring (bicyclic) bond motifs is 3. The van der Waals surface area contributed by atoms with Crippen molar-refractivity contribution in [2.24, 2.45) is 12.8 Å². The first-order chi connectivity index (χ1) is 19.6. The van der Waals surface area contributed by atoms with Crippen molar-refractivity contribution in [3.8, 4) is 17.5 Å². The van der Waals surface area contributed by atoms with E-state index in [-0.39, 0.29) is 34.0 Å². The van der Waals surface area contributed by atoms with Crippen LogP contribution in [0.4, 0.5) is 11.4 Å². The predicted molar refractivity (Wildman–Crippen MR) is 157 cm³/mol. The van der Waals surface area contributed by atoms with Gasteiger partial charge in [-0.15, -0.1) is 0 Å². The van der Waals surface area contributed by atoms with E-state index in [1.807, 2.05) is 23.7 Å². The minimum atomic E-state index is -3.98. The molecule has 1 amide bonds. The number of amides is 1. The molecule has 0 aliphatic carbocycles. The molecule has 0 saturated carbocycles. The number of nitrogens with one attached hydrogen (secondary N) is 2. The van der Waals surface area contributed by atoms with Crippen molar-refractivity contribution < 1.29 is 27.8 Å². The van der Waals surface area contributed by atoms with Gasteiger partial charge in [-0.1, -0.05) is 18.2 Å². The highest BCUT2D eigenvalue weighted by molar-refractivity contribution is 7.92. The van der Waals surface area contributed by atoms with Gasteiger partial charge in [0.1, 0.15) is 11.4 Å². The quantitative estimate of drug-likeness (QED) is 0.207. The summed E-state index contributed by atoms with van der Waals surface area (Å²) in [5.41, 5.74) is 9.30. The van der Waals surface area contributed by atoms with Crippen molar-refractivity contribution in [1.29, 1.82) is 0 Å². The van der Waals surface area contributed by atoms with Crippen LogP contribution in [0.3, 0.4) is 0 Å². The summed E-state index contributed by atoms with van der Waals surface area (Å²) >= 11 is 0. The molecule has 1 atom stereocenters. The molecular weight excluding hydrogens is 546 g/mol. The number of nitrogens with zero attached hydrogens (tertiary/aromatic N) is 2. The lowest BCUT2D eigenvalue weighted by Crippen LogP contribution is -2.37. The number of aromatic nitrogens is 2. The van der Waals surface area contributed by atoms with Gasteiger partial charge in [0.15, 0.2) is 0 Å². The second kappa shape index (κ2) is 11.0. The maximum atomic E-state index is 13.3. The third kappa shape index (κ3) is 5.60. The number of aromatic hydroxyl groups is 1. The number of phenols is 1. The molecule has 5 aromatic rings. The van der Waals surface area contributed by atoms with E-state index in [0.29, 0.717) is 12.1 Å². The molecular formula is C29H29N5O6S. The van der Waals surface area contributed by atoms with Crippen LogP contribution in [0, 0.1) is 0 Å². The Hall–Kier alpha value is -4.81. The van der Waals surface area contributed by atoms with Crippen molar-refractivity contribution in [3.63, 3.8) is 0 Å². The first-order valence-electron chi connectivity index (χ1n) is 12.6. The SMILES string of the molecule is COc1ccc(NS(=O)(=O)c2ccc3c(c2)c2ccc(NC(=O)[C@@H](N)Cc4ccc(O)cc4)cc2n3C)c(OC)n1. The first-order valence-corrected chi connectivity index (χ1v) is 14.1. The summed E-state index contributed by atoms with van der Waals surface area (Å²) in [6.45, 7) is 0. The number of ether oxygens (including phenoxy) is 2. The zero-order valence-corrected chi connectivity index (χ0v) is 23.4. The number of carbonyl (C=O) groups excluding carboxylic acids is 1. The lowest BCUT2D eigenvalue weighted by atomic mass is 10.1. The van der Waals surface area contributed by atoms with E-state index in [4.69, 9.17) is 15.2 Å². The van der Waals surface area contributed by atoms with Crippen LogP contribution in [-0.2, 0) is 28.3 Å². The maximum Gasteiger partial charge on any atom is 0.262 e. The topological polar surface area (TPSA) is 158 Å². The number of benzene rings is 3. The minimum absolute atomic E-state index is 0.0629. The van der Waals surface area contributed by atoms with E-state index >= 15 is 0 Å². The van der Waals surface area contributed by atoms with Crippen molar-refractivity contribution in [1.82, 2.24) is 9.55 Å². The lowest BCUT2D eigenvalue weighted by Gasteiger charge is -2.13. The molecule has 0 saturated heterocycles. The second-order valence-electron chi connectivity index (χ2n) is 9.45. The Bertz CT molecular complexity index is 1870. The lowest BCUT2D eigenvalue weighted by molar-refractivity contribution is -0.117. The number of anilines is 2. The van der Waals surface area contributed by atoms with E-state index in [9.17, 15) is 18.3 Å². The van der Waals surface area contributed by atoms with Crippen LogP contribution >= 0.6 is 0 Å². The third-order valence-electron chi connectivity index (χ3n) is 6.77. The monoisotopic (exact) mass is 575 g/mol. The van der Waals surface area contributed by atoms with Gasteiger partial charge in [-0.3, -0.25) is 9.52 Å². The van der Waals surface area contributed by atoms with Crippen LogP contribution in [0.2, 0.25) is 0 Å². The number of sulfonamides is 1. The van der Waals surface area contributed by atoms with Gasteiger partial charge in [0.2, 0.25) is 17.7 Å². The zero-order valence-electron chi connectivity index (χ0n) is 22.6. The number of methoxy groups -OCH3 is 2. The Morgan fingerprint density at radius 2 is 1.73 bits per heavy atom. The van der Waals surface area contributed by atoms with Crippen LogP contribution in [0.5, 0.6) is 17.5 Å². The molecule has 2 heterocycles. The highest BCUT2D eigenvalue weighted by atomic mass is 32.2. The minimum Gasteiger partial charge on any atom is -0.508 e. The molecule has 5 rings (SSSR count). The molecule has 0 aliphatic rings. The largest absolute Gasteiger partial charge is 0.508 e. The number of aryl methyl sites for hydroxylation is 1. The van der Waals surface area contributed by atoms with E-state index in [1.165, 1.54) is 32.4 Å². The summed E-state index contributed by atoms with van der Waals surface area (Å²) in [5, 5.41) is 13.9. The van der Waals surface area contributed by atoms with Crippen molar-refractivity contribution >= 4 is 49.1 Å². The van der Waals surface area contributed by atoms with Gasteiger partial charge in [0.25, 0.3) is 10.0 Å². The van der Waals surface area contributed by atoms with Gasteiger partial charge in [-0.25, -0.2) is 8.42 Å². The summed E-state index contributed by atoms with van der Waals surface area (Å²) in [5.74, 6) is 0.165. The molecule has 11 nitrogen and oxygen atoms in total. The number of pyridine rings is 1. The van der Waals surface area contributed by atoms with E-state index in [0.717, 1.165) is 27.4 Å². The molecule has 3 aromatic carbocycles. The number of carbonyl (C=O) groups is 1. The molecule has 212 valence electrons. The van der Waals surface area contributed by atoms with Crippen molar-refractivity contribution in [3.05, 3.63) is 78.4 Å². The molecule has 0 radical (unpaired) electrons. The molecule has 2 aromatic heterocycles. The summed E-state index contributed by atoms with van der Waals surface area (Å²) in [6, 6.07) is 19.1. The molecule has 0 aliphatic heterocycles.